The van der Waals surface area contributed by atoms with E-state index in [-0.39, 0.29) is 0 Å². The van der Waals surface area contributed by atoms with E-state index in [0.717, 1.165) is 22.6 Å². The highest BCUT2D eigenvalue weighted by atomic mass is 16.5. The van der Waals surface area contributed by atoms with Crippen LogP contribution in [0.4, 0.5) is 0 Å². The number of ether oxygens (including phenoxy) is 1. The molecule has 0 fully saturated rings. The molecule has 0 saturated heterocycles. The number of benzene rings is 2. The van der Waals surface area contributed by atoms with Gasteiger partial charge in [-0.25, -0.2) is 0 Å². The summed E-state index contributed by atoms with van der Waals surface area (Å²) in [6.07, 6.45) is 5.51. The minimum atomic E-state index is 0.819. The summed E-state index contributed by atoms with van der Waals surface area (Å²) in [5.74, 6) is 1.66. The quantitative estimate of drug-likeness (QED) is 0.642. The van der Waals surface area contributed by atoms with E-state index in [2.05, 4.69) is 20.1 Å². The second-order valence-corrected chi connectivity index (χ2v) is 4.50. The summed E-state index contributed by atoms with van der Waals surface area (Å²) in [7, 11) is 0. The van der Waals surface area contributed by atoms with Crippen LogP contribution in [-0.2, 0) is 0 Å². The molecule has 0 N–H and O–H groups in total. The molecule has 2 aromatic carbocycles. The highest BCUT2D eigenvalue weighted by molar-refractivity contribution is 5.74. The first-order valence-corrected chi connectivity index (χ1v) is 6.53. The monoisotopic (exact) mass is 262 g/mol. The van der Waals surface area contributed by atoms with Gasteiger partial charge in [-0.1, -0.05) is 61.2 Å². The van der Waals surface area contributed by atoms with Crippen molar-refractivity contribution in [3.05, 3.63) is 91.0 Å². The summed E-state index contributed by atoms with van der Waals surface area (Å²) >= 11 is 0. The molecular weight excluding hydrogens is 244 g/mol. The van der Waals surface area contributed by atoms with Crippen molar-refractivity contribution in [3.8, 4) is 11.5 Å². The van der Waals surface area contributed by atoms with Crippen molar-refractivity contribution in [1.82, 2.24) is 0 Å². The maximum absolute atomic E-state index is 5.80. The second-order valence-electron chi connectivity index (χ2n) is 4.50. The van der Waals surface area contributed by atoms with Crippen molar-refractivity contribution < 1.29 is 4.74 Å². The van der Waals surface area contributed by atoms with E-state index in [9.17, 15) is 0 Å². The van der Waals surface area contributed by atoms with Crippen LogP contribution in [-0.4, -0.2) is 0 Å². The Morgan fingerprint density at radius 2 is 1.45 bits per heavy atom. The van der Waals surface area contributed by atoms with E-state index in [4.69, 9.17) is 4.74 Å². The predicted molar refractivity (Wildman–Crippen MR) is 86.1 cm³/mol. The fourth-order valence-corrected chi connectivity index (χ4v) is 1.87. The van der Waals surface area contributed by atoms with Crippen LogP contribution in [0.3, 0.4) is 0 Å². The van der Waals surface area contributed by atoms with Crippen molar-refractivity contribution in [3.63, 3.8) is 0 Å². The topological polar surface area (TPSA) is 9.23 Å². The molecule has 0 spiro atoms. The molecule has 1 nitrogen and oxygen atoms in total. The zero-order chi connectivity index (χ0) is 14.4. The number of hydrogen-bond donors (Lipinski definition) is 0. The molecule has 0 unspecified atom stereocenters. The highest BCUT2D eigenvalue weighted by Gasteiger charge is 2.00. The van der Waals surface area contributed by atoms with Gasteiger partial charge in [-0.3, -0.25) is 0 Å². The van der Waals surface area contributed by atoms with Gasteiger partial charge in [-0.15, -0.1) is 0 Å². The summed E-state index contributed by atoms with van der Waals surface area (Å²) in [5.41, 5.74) is 3.36. The summed E-state index contributed by atoms with van der Waals surface area (Å²) < 4.78 is 5.80. The van der Waals surface area contributed by atoms with Gasteiger partial charge >= 0.3 is 0 Å². The zero-order valence-electron chi connectivity index (χ0n) is 11.7. The lowest BCUT2D eigenvalue weighted by atomic mass is 10.1. The summed E-state index contributed by atoms with van der Waals surface area (Å²) in [6, 6.07) is 15.9. The molecular formula is C19H18O. The zero-order valence-corrected chi connectivity index (χ0v) is 11.7. The van der Waals surface area contributed by atoms with Gasteiger partial charge < -0.3 is 4.74 Å². The SMILES string of the molecule is C=C/C=C(\C=C)c1ccc(Oc2ccc(C)cc2)cc1. The minimum Gasteiger partial charge on any atom is -0.457 e. The van der Waals surface area contributed by atoms with Gasteiger partial charge in [0.1, 0.15) is 11.5 Å². The van der Waals surface area contributed by atoms with Crippen LogP contribution < -0.4 is 4.74 Å². The first kappa shape index (κ1) is 13.9. The predicted octanol–water partition coefficient (Wildman–Crippen LogP) is 5.54. The lowest BCUT2D eigenvalue weighted by Crippen LogP contribution is -1.86. The maximum Gasteiger partial charge on any atom is 0.127 e. The van der Waals surface area contributed by atoms with E-state index in [1.54, 1.807) is 6.08 Å². The van der Waals surface area contributed by atoms with E-state index in [1.807, 2.05) is 60.7 Å². The molecule has 20 heavy (non-hydrogen) atoms. The van der Waals surface area contributed by atoms with E-state index in [1.165, 1.54) is 5.56 Å². The van der Waals surface area contributed by atoms with Crippen molar-refractivity contribution in [2.75, 3.05) is 0 Å². The van der Waals surface area contributed by atoms with Gasteiger partial charge in [-0.2, -0.15) is 0 Å². The van der Waals surface area contributed by atoms with Crippen molar-refractivity contribution in [2.24, 2.45) is 0 Å². The lowest BCUT2D eigenvalue weighted by molar-refractivity contribution is 0.482. The van der Waals surface area contributed by atoms with Crippen LogP contribution in [0, 0.1) is 6.92 Å². The molecule has 100 valence electrons. The Balaban J connectivity index is 2.16. The van der Waals surface area contributed by atoms with E-state index in [0.29, 0.717) is 0 Å². The normalized spacial score (nSPS) is 10.9. The number of rotatable bonds is 5. The summed E-state index contributed by atoms with van der Waals surface area (Å²) in [4.78, 5) is 0. The largest absolute Gasteiger partial charge is 0.457 e. The average Bonchev–Trinajstić information content (AvgIpc) is 2.48. The number of allylic oxidation sites excluding steroid dienone is 4. The Bertz CT molecular complexity index is 616. The molecule has 0 aromatic heterocycles. The second kappa shape index (κ2) is 6.58. The molecule has 2 rings (SSSR count). The third kappa shape index (κ3) is 3.48. The molecule has 1 heteroatoms. The smallest absolute Gasteiger partial charge is 0.127 e. The van der Waals surface area contributed by atoms with Crippen LogP contribution in [0.15, 0.2) is 79.9 Å². The van der Waals surface area contributed by atoms with Gasteiger partial charge in [0.05, 0.1) is 0 Å². The molecule has 0 saturated carbocycles. The Kier molecular flexibility index (Phi) is 4.56. The first-order valence-electron chi connectivity index (χ1n) is 6.53. The highest BCUT2D eigenvalue weighted by Crippen LogP contribution is 2.24. The third-order valence-corrected chi connectivity index (χ3v) is 2.96. The lowest BCUT2D eigenvalue weighted by Gasteiger charge is -2.07. The molecule has 0 aliphatic rings. The van der Waals surface area contributed by atoms with Crippen LogP contribution >= 0.6 is 0 Å². The van der Waals surface area contributed by atoms with Gasteiger partial charge in [0.25, 0.3) is 0 Å². The summed E-state index contributed by atoms with van der Waals surface area (Å²) in [5, 5.41) is 0. The summed E-state index contributed by atoms with van der Waals surface area (Å²) in [6.45, 7) is 9.57. The van der Waals surface area contributed by atoms with Crippen LogP contribution in [0.2, 0.25) is 0 Å². The number of hydrogen-bond acceptors (Lipinski definition) is 1. The Labute approximate surface area is 120 Å². The molecule has 0 bridgehead atoms. The molecule has 2 aromatic rings. The van der Waals surface area contributed by atoms with Gasteiger partial charge in [0, 0.05) is 0 Å². The maximum atomic E-state index is 5.80. The van der Waals surface area contributed by atoms with Gasteiger partial charge in [-0.05, 0) is 42.3 Å². The first-order chi connectivity index (χ1) is 9.72. The Morgan fingerprint density at radius 1 is 0.900 bits per heavy atom. The van der Waals surface area contributed by atoms with Crippen LogP contribution in [0.1, 0.15) is 11.1 Å². The van der Waals surface area contributed by atoms with Crippen molar-refractivity contribution in [2.45, 2.75) is 6.92 Å². The third-order valence-electron chi connectivity index (χ3n) is 2.96. The van der Waals surface area contributed by atoms with E-state index < -0.39 is 0 Å². The Morgan fingerprint density at radius 3 is 1.95 bits per heavy atom. The minimum absolute atomic E-state index is 0.819. The number of aryl methyl sites for hydroxylation is 1. The van der Waals surface area contributed by atoms with Crippen LogP contribution in [0.25, 0.3) is 5.57 Å². The van der Waals surface area contributed by atoms with Gasteiger partial charge in [0.2, 0.25) is 0 Å². The fourth-order valence-electron chi connectivity index (χ4n) is 1.87. The average molecular weight is 262 g/mol. The molecule has 0 radical (unpaired) electrons. The van der Waals surface area contributed by atoms with Crippen molar-refractivity contribution in [1.29, 1.82) is 0 Å². The molecule has 0 amide bonds. The van der Waals surface area contributed by atoms with Crippen LogP contribution in [0.5, 0.6) is 11.5 Å². The van der Waals surface area contributed by atoms with E-state index >= 15 is 0 Å². The standard InChI is InChI=1S/C19H18O/c1-4-6-16(5-2)17-9-13-19(14-10-17)20-18-11-7-15(3)8-12-18/h4-14H,1-2H2,3H3/b16-6+. The molecule has 0 atom stereocenters. The van der Waals surface area contributed by atoms with Gasteiger partial charge in [0.15, 0.2) is 0 Å². The molecule has 0 aliphatic carbocycles. The Hall–Kier alpha value is -2.54. The van der Waals surface area contributed by atoms with Crippen molar-refractivity contribution >= 4 is 5.57 Å². The molecule has 0 heterocycles. The fraction of sp³-hybridized carbons (Fsp3) is 0.0526. The molecule has 0 aliphatic heterocycles.